The summed E-state index contributed by atoms with van der Waals surface area (Å²) in [5.41, 5.74) is 0.666. The molecule has 2 atom stereocenters. The topological polar surface area (TPSA) is 46.9 Å². The predicted molar refractivity (Wildman–Crippen MR) is 79.0 cm³/mol. The van der Waals surface area contributed by atoms with Crippen LogP contribution in [-0.4, -0.2) is 52.2 Å². The van der Waals surface area contributed by atoms with E-state index in [-0.39, 0.29) is 17.5 Å². The van der Waals surface area contributed by atoms with Crippen molar-refractivity contribution in [2.24, 2.45) is 0 Å². The van der Waals surface area contributed by atoms with E-state index in [1.54, 1.807) is 18.2 Å². The zero-order valence-corrected chi connectivity index (χ0v) is 12.1. The Morgan fingerprint density at radius 2 is 1.80 bits per heavy atom. The fourth-order valence-corrected chi connectivity index (χ4v) is 3.74. The molecule has 0 saturated carbocycles. The van der Waals surface area contributed by atoms with Crippen molar-refractivity contribution < 1.29 is 10.2 Å². The van der Waals surface area contributed by atoms with E-state index in [1.807, 2.05) is 0 Å². The highest BCUT2D eigenvalue weighted by Crippen LogP contribution is 2.36. The molecule has 2 unspecified atom stereocenters. The Morgan fingerprint density at radius 3 is 2.55 bits per heavy atom. The Kier molecular flexibility index (Phi) is 3.85. The first-order chi connectivity index (χ1) is 9.66. The van der Waals surface area contributed by atoms with Crippen molar-refractivity contribution in [2.45, 2.75) is 38.3 Å². The van der Waals surface area contributed by atoms with Crippen molar-refractivity contribution in [3.63, 3.8) is 0 Å². The van der Waals surface area contributed by atoms with Crippen molar-refractivity contribution in [3.05, 3.63) is 23.8 Å². The van der Waals surface area contributed by atoms with Gasteiger partial charge in [-0.1, -0.05) is 6.07 Å². The molecular formula is C16H24N2O2. The van der Waals surface area contributed by atoms with Gasteiger partial charge in [-0.2, -0.15) is 0 Å². The molecular weight excluding hydrogens is 252 g/mol. The molecule has 110 valence electrons. The number of aromatic hydroxyl groups is 2. The fourth-order valence-electron chi connectivity index (χ4n) is 3.74. The molecule has 2 aliphatic heterocycles. The molecule has 0 bridgehead atoms. The van der Waals surface area contributed by atoms with Gasteiger partial charge < -0.3 is 10.2 Å². The molecule has 2 saturated heterocycles. The number of phenols is 2. The molecule has 4 heteroatoms. The van der Waals surface area contributed by atoms with Crippen LogP contribution in [0.1, 0.15) is 37.8 Å². The third kappa shape index (κ3) is 2.50. The van der Waals surface area contributed by atoms with Crippen molar-refractivity contribution >= 4 is 0 Å². The van der Waals surface area contributed by atoms with Crippen LogP contribution in [0.2, 0.25) is 0 Å². The highest BCUT2D eigenvalue weighted by Gasteiger charge is 2.31. The summed E-state index contributed by atoms with van der Waals surface area (Å²) >= 11 is 0. The monoisotopic (exact) mass is 276 g/mol. The molecule has 3 rings (SSSR count). The van der Waals surface area contributed by atoms with E-state index in [4.69, 9.17) is 0 Å². The lowest BCUT2D eigenvalue weighted by Crippen LogP contribution is -2.37. The normalized spacial score (nSPS) is 26.1. The van der Waals surface area contributed by atoms with E-state index in [0.29, 0.717) is 11.6 Å². The second-order valence-electron chi connectivity index (χ2n) is 6.07. The number of rotatable bonds is 2. The minimum atomic E-state index is 0.0525. The van der Waals surface area contributed by atoms with E-state index in [1.165, 1.54) is 25.9 Å². The smallest absolute Gasteiger partial charge is 0.124 e. The first kappa shape index (κ1) is 13.7. The Balaban J connectivity index is 1.80. The van der Waals surface area contributed by atoms with Crippen LogP contribution in [0.15, 0.2) is 18.2 Å². The maximum absolute atomic E-state index is 10.1. The third-order valence-electron chi connectivity index (χ3n) is 4.86. The molecule has 1 aromatic carbocycles. The van der Waals surface area contributed by atoms with E-state index >= 15 is 0 Å². The van der Waals surface area contributed by atoms with Gasteiger partial charge in [0.25, 0.3) is 0 Å². The molecule has 20 heavy (non-hydrogen) atoms. The zero-order valence-electron chi connectivity index (χ0n) is 12.1. The van der Waals surface area contributed by atoms with Gasteiger partial charge in [-0.05, 0) is 51.4 Å². The van der Waals surface area contributed by atoms with Crippen LogP contribution in [0.25, 0.3) is 0 Å². The van der Waals surface area contributed by atoms with Gasteiger partial charge in [0.15, 0.2) is 0 Å². The molecule has 0 radical (unpaired) electrons. The summed E-state index contributed by atoms with van der Waals surface area (Å²) in [6.07, 6.45) is 3.74. The van der Waals surface area contributed by atoms with Gasteiger partial charge in [0.05, 0.1) is 5.56 Å². The van der Waals surface area contributed by atoms with Crippen LogP contribution in [0.4, 0.5) is 0 Å². The molecule has 4 nitrogen and oxygen atoms in total. The Hall–Kier alpha value is -1.26. The van der Waals surface area contributed by atoms with E-state index in [0.717, 1.165) is 19.5 Å². The maximum atomic E-state index is 10.1. The Labute approximate surface area is 120 Å². The second kappa shape index (κ2) is 5.62. The largest absolute Gasteiger partial charge is 0.507 e. The van der Waals surface area contributed by atoms with Crippen LogP contribution in [0.3, 0.4) is 0 Å². The molecule has 2 N–H and O–H groups in total. The Morgan fingerprint density at radius 1 is 1.10 bits per heavy atom. The highest BCUT2D eigenvalue weighted by molar-refractivity contribution is 5.45. The summed E-state index contributed by atoms with van der Waals surface area (Å²) in [6, 6.07) is 5.70. The minimum Gasteiger partial charge on any atom is -0.507 e. The first-order valence-electron chi connectivity index (χ1n) is 7.66. The lowest BCUT2D eigenvalue weighted by atomic mass is 10.0. The van der Waals surface area contributed by atoms with Crippen molar-refractivity contribution in [3.8, 4) is 11.5 Å². The zero-order chi connectivity index (χ0) is 14.1. The molecule has 0 spiro atoms. The van der Waals surface area contributed by atoms with E-state index in [9.17, 15) is 10.2 Å². The van der Waals surface area contributed by atoms with Crippen LogP contribution < -0.4 is 0 Å². The molecule has 2 fully saturated rings. The summed E-state index contributed by atoms with van der Waals surface area (Å²) in [5, 5.41) is 20.1. The second-order valence-corrected chi connectivity index (χ2v) is 6.07. The van der Waals surface area contributed by atoms with Crippen molar-refractivity contribution in [2.75, 3.05) is 26.2 Å². The number of fused-ring (bicyclic) bond motifs is 1. The fraction of sp³-hybridized carbons (Fsp3) is 0.625. The summed E-state index contributed by atoms with van der Waals surface area (Å²) < 4.78 is 0. The van der Waals surface area contributed by atoms with Crippen molar-refractivity contribution in [1.82, 2.24) is 9.80 Å². The Bertz CT molecular complexity index is 457. The van der Waals surface area contributed by atoms with Gasteiger partial charge >= 0.3 is 0 Å². The van der Waals surface area contributed by atoms with Gasteiger partial charge in [0.1, 0.15) is 11.5 Å². The van der Waals surface area contributed by atoms with Gasteiger partial charge in [-0.3, -0.25) is 9.80 Å². The summed E-state index contributed by atoms with van der Waals surface area (Å²) in [5.74, 6) is 0.398. The quantitative estimate of drug-likeness (QED) is 0.870. The van der Waals surface area contributed by atoms with E-state index in [2.05, 4.69) is 16.7 Å². The van der Waals surface area contributed by atoms with Gasteiger partial charge in [-0.15, -0.1) is 0 Å². The first-order valence-corrected chi connectivity index (χ1v) is 7.66. The number of benzene rings is 1. The molecule has 2 heterocycles. The van der Waals surface area contributed by atoms with Crippen LogP contribution in [0.5, 0.6) is 11.5 Å². The minimum absolute atomic E-state index is 0.0525. The van der Waals surface area contributed by atoms with Crippen LogP contribution >= 0.6 is 0 Å². The maximum Gasteiger partial charge on any atom is 0.124 e. The molecule has 0 amide bonds. The van der Waals surface area contributed by atoms with Gasteiger partial charge in [-0.25, -0.2) is 0 Å². The highest BCUT2D eigenvalue weighted by atomic mass is 16.3. The summed E-state index contributed by atoms with van der Waals surface area (Å²) in [7, 11) is 0. The van der Waals surface area contributed by atoms with Crippen LogP contribution in [-0.2, 0) is 0 Å². The molecule has 0 aliphatic carbocycles. The lowest BCUT2D eigenvalue weighted by Gasteiger charge is -2.31. The number of hydrogen-bond donors (Lipinski definition) is 2. The van der Waals surface area contributed by atoms with Gasteiger partial charge in [0, 0.05) is 25.2 Å². The molecule has 2 aliphatic rings. The average Bonchev–Trinajstić information content (AvgIpc) is 2.75. The number of hydrogen-bond acceptors (Lipinski definition) is 4. The standard InChI is InChI=1S/C16H24N2O2/c1-12(16-14(19)6-2-7-15(16)20)18-10-4-9-17-8-3-5-13(17)11-18/h2,6-7,12-13,19-20H,3-5,8-11H2,1H3. The lowest BCUT2D eigenvalue weighted by molar-refractivity contribution is 0.178. The number of nitrogens with zero attached hydrogens (tertiary/aromatic N) is 2. The number of phenolic OH excluding ortho intramolecular Hbond substituents is 2. The molecule has 0 aromatic heterocycles. The summed E-state index contributed by atoms with van der Waals surface area (Å²) in [4.78, 5) is 5.00. The predicted octanol–water partition coefficient (Wildman–Crippen LogP) is 2.33. The van der Waals surface area contributed by atoms with Gasteiger partial charge in [0.2, 0.25) is 0 Å². The average molecular weight is 276 g/mol. The molecule has 1 aromatic rings. The van der Waals surface area contributed by atoms with Crippen molar-refractivity contribution in [1.29, 1.82) is 0 Å². The third-order valence-corrected chi connectivity index (χ3v) is 4.86. The van der Waals surface area contributed by atoms with E-state index < -0.39 is 0 Å². The SMILES string of the molecule is CC(c1c(O)cccc1O)N1CCCN2CCCC2C1. The van der Waals surface area contributed by atoms with Crippen LogP contribution in [0, 0.1) is 0 Å². The summed E-state index contributed by atoms with van der Waals surface area (Å²) in [6.45, 7) is 6.56.